The number of hydrogen-bond acceptors (Lipinski definition) is 15. The molecule has 17 nitrogen and oxygen atoms in total. The molecular formula is C39H29Cl2F6N11O6. The minimum atomic E-state index is -4.66. The van der Waals surface area contributed by atoms with Crippen LogP contribution >= 0.6 is 23.2 Å². The lowest BCUT2D eigenvalue weighted by atomic mass is 10.1. The van der Waals surface area contributed by atoms with Gasteiger partial charge in [0.05, 0.1) is 28.4 Å². The second-order valence-electron chi connectivity index (χ2n) is 12.8. The minimum Gasteiger partial charge on any atom is -0.480 e. The van der Waals surface area contributed by atoms with Crippen molar-refractivity contribution in [1.82, 2.24) is 49.5 Å². The van der Waals surface area contributed by atoms with Crippen molar-refractivity contribution in [3.8, 4) is 45.6 Å². The number of aryl methyl sites for hydroxylation is 1. The molecule has 25 heteroatoms. The maximum atomic E-state index is 13.2. The molecule has 6 aromatic heterocycles. The fourth-order valence-corrected chi connectivity index (χ4v) is 6.12. The Bertz CT molecular complexity index is 2840. The SMILES string of the molecule is COC(=O)c1cc(-c2cnc(Cl)nc2-n2ccc(C(F)(F)F)n2)cnc1OC.COC(=O)c1cc(-c2cnc(Nc3cc(C)cc(Cl)c3)nc2-n2ccc(C(F)(F)F)n2)cnc1OC. The Hall–Kier alpha value is -7.40. The van der Waals surface area contributed by atoms with Crippen LogP contribution in [0, 0.1) is 6.92 Å². The van der Waals surface area contributed by atoms with Gasteiger partial charge in [-0.1, -0.05) is 11.6 Å². The van der Waals surface area contributed by atoms with Gasteiger partial charge in [-0.3, -0.25) is 0 Å². The number of aromatic nitrogens is 10. The summed E-state index contributed by atoms with van der Waals surface area (Å²) in [6.07, 6.45) is -1.70. The van der Waals surface area contributed by atoms with Crippen LogP contribution in [0.4, 0.5) is 38.0 Å². The quantitative estimate of drug-likeness (QED) is 0.0779. The molecule has 0 saturated carbocycles. The smallest absolute Gasteiger partial charge is 0.435 e. The van der Waals surface area contributed by atoms with Crippen LogP contribution in [0.3, 0.4) is 0 Å². The van der Waals surface area contributed by atoms with E-state index in [2.05, 4.69) is 45.4 Å². The van der Waals surface area contributed by atoms with Crippen LogP contribution in [-0.2, 0) is 21.8 Å². The number of esters is 2. The Morgan fingerprint density at radius 1 is 0.641 bits per heavy atom. The van der Waals surface area contributed by atoms with Crippen LogP contribution in [0.15, 0.2) is 79.6 Å². The van der Waals surface area contributed by atoms with Crippen LogP contribution in [-0.4, -0.2) is 89.8 Å². The number of ether oxygens (including phenoxy) is 4. The van der Waals surface area contributed by atoms with Gasteiger partial charge in [0.1, 0.15) is 11.1 Å². The Morgan fingerprint density at radius 2 is 1.12 bits per heavy atom. The van der Waals surface area contributed by atoms with Gasteiger partial charge in [0, 0.05) is 70.1 Å². The lowest BCUT2D eigenvalue weighted by Gasteiger charge is -2.13. The summed E-state index contributed by atoms with van der Waals surface area (Å²) in [4.78, 5) is 48.8. The van der Waals surface area contributed by atoms with E-state index in [1.54, 1.807) is 18.2 Å². The zero-order valence-electron chi connectivity index (χ0n) is 33.5. The normalized spacial score (nSPS) is 11.3. The van der Waals surface area contributed by atoms with Crippen LogP contribution in [0.2, 0.25) is 10.3 Å². The van der Waals surface area contributed by atoms with Crippen LogP contribution < -0.4 is 14.8 Å². The molecule has 0 atom stereocenters. The summed E-state index contributed by atoms with van der Waals surface area (Å²) in [6, 6.07) is 9.65. The number of hydrogen-bond donors (Lipinski definition) is 1. The molecule has 0 aliphatic heterocycles. The highest BCUT2D eigenvalue weighted by molar-refractivity contribution is 6.31. The topological polar surface area (TPSA) is 196 Å². The molecule has 0 saturated heterocycles. The molecule has 7 aromatic rings. The van der Waals surface area contributed by atoms with Crippen molar-refractivity contribution < 1.29 is 54.9 Å². The van der Waals surface area contributed by atoms with E-state index in [9.17, 15) is 35.9 Å². The van der Waals surface area contributed by atoms with Crippen LogP contribution in [0.25, 0.3) is 33.9 Å². The van der Waals surface area contributed by atoms with E-state index in [1.807, 2.05) is 6.92 Å². The number of pyridine rings is 2. The number of carbonyl (C=O) groups is 2. The molecule has 0 fully saturated rings. The number of halogens is 8. The molecule has 7 rings (SSSR count). The zero-order valence-corrected chi connectivity index (χ0v) is 35.0. The molecule has 0 aliphatic carbocycles. The molecule has 0 bridgehead atoms. The Kier molecular flexibility index (Phi) is 13.6. The van der Waals surface area contributed by atoms with Gasteiger partial charge in [-0.2, -0.15) is 46.5 Å². The molecule has 0 unspecified atom stereocenters. The summed E-state index contributed by atoms with van der Waals surface area (Å²) < 4.78 is 99.8. The van der Waals surface area contributed by atoms with Crippen molar-refractivity contribution in [1.29, 1.82) is 0 Å². The first-order chi connectivity index (χ1) is 30.3. The number of rotatable bonds is 10. The molecule has 1 aromatic carbocycles. The largest absolute Gasteiger partial charge is 0.480 e. The Morgan fingerprint density at radius 3 is 1.56 bits per heavy atom. The summed E-state index contributed by atoms with van der Waals surface area (Å²) in [5.74, 6) is -1.33. The van der Waals surface area contributed by atoms with Crippen molar-refractivity contribution >= 4 is 46.8 Å². The molecular weight excluding hydrogens is 903 g/mol. The second-order valence-corrected chi connectivity index (χ2v) is 13.6. The first kappa shape index (κ1) is 46.1. The zero-order chi connectivity index (χ0) is 46.5. The Labute approximate surface area is 367 Å². The summed E-state index contributed by atoms with van der Waals surface area (Å²) in [6.45, 7) is 1.85. The van der Waals surface area contributed by atoms with Crippen molar-refractivity contribution in [2.24, 2.45) is 0 Å². The highest BCUT2D eigenvalue weighted by Gasteiger charge is 2.35. The van der Waals surface area contributed by atoms with Gasteiger partial charge in [0.15, 0.2) is 23.0 Å². The van der Waals surface area contributed by atoms with Crippen molar-refractivity contribution in [3.05, 3.63) is 118 Å². The van der Waals surface area contributed by atoms with E-state index in [4.69, 9.17) is 42.1 Å². The van der Waals surface area contributed by atoms with E-state index < -0.39 is 35.7 Å². The monoisotopic (exact) mass is 931 g/mol. The lowest BCUT2D eigenvalue weighted by Crippen LogP contribution is -2.10. The third kappa shape index (κ3) is 10.4. The summed E-state index contributed by atoms with van der Waals surface area (Å²) >= 11 is 11.9. The van der Waals surface area contributed by atoms with E-state index >= 15 is 0 Å². The number of benzene rings is 1. The molecule has 64 heavy (non-hydrogen) atoms. The van der Waals surface area contributed by atoms with Gasteiger partial charge in [-0.05, 0) is 66.6 Å². The van der Waals surface area contributed by atoms with Gasteiger partial charge in [0.25, 0.3) is 0 Å². The standard InChI is InChI=1S/C23H18ClF3N6O3.C16H11ClF3N5O3/c1-12-6-14(24)9-15(7-12)30-22-29-11-17(13-8-16(21(34)36-3)20(35-2)28-10-13)19(31-22)33-5-4-18(32-33)23(25,26)27;1-27-13-9(14(26)28-2)5-8(6-21-13)10-7-22-15(17)23-12(10)25-4-3-11(24-25)16(18,19)20/h4-11H,1-3H3,(H,29,30,31);3-7H,1-2H3. The fourth-order valence-electron chi connectivity index (χ4n) is 5.70. The summed E-state index contributed by atoms with van der Waals surface area (Å²) in [7, 11) is 5.05. The maximum Gasteiger partial charge on any atom is 0.435 e. The van der Waals surface area contributed by atoms with Crippen LogP contribution in [0.5, 0.6) is 11.8 Å². The number of anilines is 2. The van der Waals surface area contributed by atoms with Crippen molar-refractivity contribution in [2.75, 3.05) is 33.8 Å². The van der Waals surface area contributed by atoms with E-state index in [-0.39, 0.29) is 56.9 Å². The summed E-state index contributed by atoms with van der Waals surface area (Å²) in [5, 5.41) is 10.4. The van der Waals surface area contributed by atoms with Gasteiger partial charge in [0.2, 0.25) is 23.0 Å². The number of carbonyl (C=O) groups excluding carboxylic acids is 2. The van der Waals surface area contributed by atoms with Gasteiger partial charge in [-0.15, -0.1) is 0 Å². The minimum absolute atomic E-state index is 0.00420. The average Bonchev–Trinajstić information content (AvgIpc) is 3.98. The molecule has 0 radical (unpaired) electrons. The van der Waals surface area contributed by atoms with E-state index in [0.29, 0.717) is 21.8 Å². The maximum absolute atomic E-state index is 13.2. The van der Waals surface area contributed by atoms with Gasteiger partial charge >= 0.3 is 24.3 Å². The molecule has 332 valence electrons. The van der Waals surface area contributed by atoms with E-state index in [1.165, 1.54) is 65.4 Å². The predicted octanol–water partition coefficient (Wildman–Crippen LogP) is 8.44. The lowest BCUT2D eigenvalue weighted by molar-refractivity contribution is -0.142. The number of alkyl halides is 6. The first-order valence-electron chi connectivity index (χ1n) is 17.8. The highest BCUT2D eigenvalue weighted by atomic mass is 35.5. The first-order valence-corrected chi connectivity index (χ1v) is 18.5. The molecule has 0 amide bonds. The van der Waals surface area contributed by atoms with E-state index in [0.717, 1.165) is 39.5 Å². The fraction of sp³-hybridized carbons (Fsp3) is 0.179. The van der Waals surface area contributed by atoms with Crippen molar-refractivity contribution in [3.63, 3.8) is 0 Å². The second kappa shape index (κ2) is 18.9. The van der Waals surface area contributed by atoms with Crippen molar-refractivity contribution in [2.45, 2.75) is 19.3 Å². The average molecular weight is 933 g/mol. The molecule has 0 aliphatic rings. The third-order valence-electron chi connectivity index (χ3n) is 8.52. The van der Waals surface area contributed by atoms with Crippen LogP contribution in [0.1, 0.15) is 37.7 Å². The number of methoxy groups -OCH3 is 4. The molecule has 1 N–H and O–H groups in total. The number of nitrogens with zero attached hydrogens (tertiary/aromatic N) is 10. The third-order valence-corrected chi connectivity index (χ3v) is 8.92. The number of nitrogens with one attached hydrogen (secondary N) is 1. The van der Waals surface area contributed by atoms with Gasteiger partial charge in [-0.25, -0.2) is 38.9 Å². The summed E-state index contributed by atoms with van der Waals surface area (Å²) in [5.41, 5.74) is 0.402. The van der Waals surface area contributed by atoms with Gasteiger partial charge < -0.3 is 24.3 Å². The predicted molar refractivity (Wildman–Crippen MR) is 215 cm³/mol. The molecule has 6 heterocycles. The Balaban J connectivity index is 0.000000219. The molecule has 0 spiro atoms. The highest BCUT2D eigenvalue weighted by Crippen LogP contribution is 2.34.